The van der Waals surface area contributed by atoms with Gasteiger partial charge in [0.25, 0.3) is 0 Å². The molecule has 2 aromatic carbocycles. The first-order chi connectivity index (χ1) is 13.8. The molecule has 3 rings (SSSR count). The second kappa shape index (κ2) is 9.08. The number of aliphatic hydroxyl groups excluding tert-OH is 1. The number of carboxylic acid groups (broad SMARTS) is 1. The topological polar surface area (TPSA) is 72.8 Å². The highest BCUT2D eigenvalue weighted by Gasteiger charge is 2.29. The molecule has 156 valence electrons. The third kappa shape index (κ3) is 5.44. The molecule has 0 saturated carbocycles. The fourth-order valence-corrected chi connectivity index (χ4v) is 3.81. The molecule has 1 aliphatic heterocycles. The van der Waals surface area contributed by atoms with Gasteiger partial charge in [-0.2, -0.15) is 0 Å². The van der Waals surface area contributed by atoms with Gasteiger partial charge in [-0.05, 0) is 68.8 Å². The van der Waals surface area contributed by atoms with Crippen molar-refractivity contribution in [2.75, 3.05) is 13.1 Å². The highest BCUT2D eigenvalue weighted by molar-refractivity contribution is 5.77. The van der Waals surface area contributed by atoms with Crippen molar-refractivity contribution in [3.8, 4) is 11.1 Å². The normalized spacial score (nSPS) is 18.7. The van der Waals surface area contributed by atoms with Crippen LogP contribution < -0.4 is 5.32 Å². The van der Waals surface area contributed by atoms with Gasteiger partial charge in [-0.3, -0.25) is 10.1 Å². The average molecular weight is 397 g/mol. The van der Waals surface area contributed by atoms with Crippen LogP contribution in [0.2, 0.25) is 0 Å². The first-order valence-electron chi connectivity index (χ1n) is 10.4. The van der Waals surface area contributed by atoms with Crippen LogP contribution >= 0.6 is 0 Å². The summed E-state index contributed by atoms with van der Waals surface area (Å²) >= 11 is 0. The van der Waals surface area contributed by atoms with Crippen molar-refractivity contribution >= 4 is 5.97 Å². The zero-order valence-electron chi connectivity index (χ0n) is 17.6. The number of aliphatic hydroxyl groups is 1. The quantitative estimate of drug-likeness (QED) is 0.592. The van der Waals surface area contributed by atoms with Crippen LogP contribution in [0.15, 0.2) is 48.5 Å². The minimum absolute atomic E-state index is 0.638. The molecule has 0 spiro atoms. The lowest BCUT2D eigenvalue weighted by Crippen LogP contribution is -2.48. The van der Waals surface area contributed by atoms with E-state index in [2.05, 4.69) is 41.4 Å². The number of carboxylic acids is 1. The maximum Gasteiger partial charge on any atom is 0.323 e. The van der Waals surface area contributed by atoms with Crippen molar-refractivity contribution in [3.05, 3.63) is 59.7 Å². The van der Waals surface area contributed by atoms with Crippen LogP contribution in [-0.4, -0.2) is 45.8 Å². The van der Waals surface area contributed by atoms with E-state index in [4.69, 9.17) is 0 Å². The molecule has 0 bridgehead atoms. The standard InChI is InChI=1S/C24H32N2O3/c1-17-5-4-15-26(17)16-14-18-6-8-19(9-7-18)20-10-12-21(13-11-20)22(27)25-24(2,3)23(28)29/h6-13,17,22,25,27H,4-5,14-16H2,1-3H3,(H,28,29)/t17-,22?/m1/s1. The fourth-order valence-electron chi connectivity index (χ4n) is 3.81. The molecule has 1 saturated heterocycles. The Morgan fingerprint density at radius 1 is 1.14 bits per heavy atom. The lowest BCUT2D eigenvalue weighted by atomic mass is 10.00. The molecular weight excluding hydrogens is 364 g/mol. The van der Waals surface area contributed by atoms with Crippen molar-refractivity contribution in [2.45, 2.75) is 57.8 Å². The van der Waals surface area contributed by atoms with Crippen LogP contribution in [0.25, 0.3) is 11.1 Å². The second-order valence-corrected chi connectivity index (χ2v) is 8.57. The molecule has 2 atom stereocenters. The smallest absolute Gasteiger partial charge is 0.323 e. The highest BCUT2D eigenvalue weighted by Crippen LogP contribution is 2.24. The Kier molecular flexibility index (Phi) is 6.73. The van der Waals surface area contributed by atoms with Crippen LogP contribution in [0.1, 0.15) is 51.0 Å². The number of aliphatic carboxylic acids is 1. The third-order valence-electron chi connectivity index (χ3n) is 5.92. The highest BCUT2D eigenvalue weighted by atomic mass is 16.4. The summed E-state index contributed by atoms with van der Waals surface area (Å²) in [5, 5.41) is 22.2. The van der Waals surface area contributed by atoms with Gasteiger partial charge < -0.3 is 15.1 Å². The number of rotatable bonds is 8. The van der Waals surface area contributed by atoms with Gasteiger partial charge in [-0.25, -0.2) is 0 Å². The van der Waals surface area contributed by atoms with Crippen LogP contribution in [-0.2, 0) is 11.2 Å². The third-order valence-corrected chi connectivity index (χ3v) is 5.92. The Labute approximate surface area is 173 Å². The number of likely N-dealkylation sites (tertiary alicyclic amines) is 1. The van der Waals surface area contributed by atoms with Gasteiger partial charge in [0.05, 0.1) is 0 Å². The number of nitrogens with zero attached hydrogens (tertiary/aromatic N) is 1. The summed E-state index contributed by atoms with van der Waals surface area (Å²) in [5.74, 6) is -1.01. The molecular formula is C24H32N2O3. The van der Waals surface area contributed by atoms with E-state index in [1.807, 2.05) is 24.3 Å². The first kappa shape index (κ1) is 21.5. The Balaban J connectivity index is 1.60. The molecule has 0 aliphatic carbocycles. The predicted octanol–water partition coefficient (Wildman–Crippen LogP) is 3.82. The summed E-state index contributed by atoms with van der Waals surface area (Å²) in [4.78, 5) is 13.8. The van der Waals surface area contributed by atoms with Crippen molar-refractivity contribution in [1.82, 2.24) is 10.2 Å². The molecule has 3 N–H and O–H groups in total. The van der Waals surface area contributed by atoms with Crippen LogP contribution in [0.4, 0.5) is 0 Å². The molecule has 2 aromatic rings. The Morgan fingerprint density at radius 2 is 1.72 bits per heavy atom. The number of carbonyl (C=O) groups is 1. The molecule has 5 heteroatoms. The Morgan fingerprint density at radius 3 is 2.24 bits per heavy atom. The largest absolute Gasteiger partial charge is 0.480 e. The van der Waals surface area contributed by atoms with Crippen LogP contribution in [0.5, 0.6) is 0 Å². The molecule has 1 aliphatic rings. The van der Waals surface area contributed by atoms with Crippen LogP contribution in [0.3, 0.4) is 0 Å². The van der Waals surface area contributed by atoms with Gasteiger partial charge in [0, 0.05) is 12.6 Å². The minimum atomic E-state index is -1.21. The van der Waals surface area contributed by atoms with Crippen molar-refractivity contribution in [2.24, 2.45) is 0 Å². The lowest BCUT2D eigenvalue weighted by Gasteiger charge is -2.25. The van der Waals surface area contributed by atoms with Gasteiger partial charge in [0.1, 0.15) is 11.8 Å². The maximum absolute atomic E-state index is 11.2. The number of hydrogen-bond acceptors (Lipinski definition) is 4. The Hall–Kier alpha value is -2.21. The zero-order chi connectivity index (χ0) is 21.0. The monoisotopic (exact) mass is 396 g/mol. The van der Waals surface area contributed by atoms with E-state index in [0.29, 0.717) is 11.6 Å². The molecule has 5 nitrogen and oxygen atoms in total. The SMILES string of the molecule is C[C@@H]1CCCN1CCc1ccc(-c2ccc(C(O)NC(C)(C)C(=O)O)cc2)cc1. The van der Waals surface area contributed by atoms with Gasteiger partial charge in [0.15, 0.2) is 0 Å². The van der Waals surface area contributed by atoms with Gasteiger partial charge in [0.2, 0.25) is 0 Å². The van der Waals surface area contributed by atoms with E-state index >= 15 is 0 Å². The summed E-state index contributed by atoms with van der Waals surface area (Å²) in [7, 11) is 0. The second-order valence-electron chi connectivity index (χ2n) is 8.57. The summed E-state index contributed by atoms with van der Waals surface area (Å²) in [6.07, 6.45) is 2.66. The number of nitrogens with one attached hydrogen (secondary N) is 1. The zero-order valence-corrected chi connectivity index (χ0v) is 17.6. The average Bonchev–Trinajstić information content (AvgIpc) is 3.11. The molecule has 0 radical (unpaired) electrons. The molecule has 0 aromatic heterocycles. The lowest BCUT2D eigenvalue weighted by molar-refractivity contribution is -0.145. The van der Waals surface area contributed by atoms with Crippen molar-refractivity contribution in [3.63, 3.8) is 0 Å². The van der Waals surface area contributed by atoms with E-state index in [-0.39, 0.29) is 0 Å². The summed E-state index contributed by atoms with van der Waals surface area (Å²) < 4.78 is 0. The van der Waals surface area contributed by atoms with E-state index in [1.165, 1.54) is 38.8 Å². The predicted molar refractivity (Wildman–Crippen MR) is 116 cm³/mol. The summed E-state index contributed by atoms with van der Waals surface area (Å²) in [5.41, 5.74) is 2.97. The maximum atomic E-state index is 11.2. The number of hydrogen-bond donors (Lipinski definition) is 3. The summed E-state index contributed by atoms with van der Waals surface area (Å²) in [6, 6.07) is 16.9. The van der Waals surface area contributed by atoms with Gasteiger partial charge >= 0.3 is 5.97 Å². The minimum Gasteiger partial charge on any atom is -0.480 e. The number of benzene rings is 2. The van der Waals surface area contributed by atoms with Gasteiger partial charge in [-0.1, -0.05) is 48.5 Å². The van der Waals surface area contributed by atoms with Crippen LogP contribution in [0, 0.1) is 0 Å². The van der Waals surface area contributed by atoms with Crippen molar-refractivity contribution < 1.29 is 15.0 Å². The van der Waals surface area contributed by atoms with E-state index in [0.717, 1.165) is 24.1 Å². The molecule has 1 heterocycles. The van der Waals surface area contributed by atoms with E-state index < -0.39 is 17.7 Å². The molecule has 1 unspecified atom stereocenters. The first-order valence-corrected chi connectivity index (χ1v) is 10.4. The van der Waals surface area contributed by atoms with Crippen molar-refractivity contribution in [1.29, 1.82) is 0 Å². The Bertz CT molecular complexity index is 815. The fraction of sp³-hybridized carbons (Fsp3) is 0.458. The molecule has 0 amide bonds. The van der Waals surface area contributed by atoms with E-state index in [1.54, 1.807) is 0 Å². The summed E-state index contributed by atoms with van der Waals surface area (Å²) in [6.45, 7) is 7.70. The molecule has 1 fully saturated rings. The van der Waals surface area contributed by atoms with Gasteiger partial charge in [-0.15, -0.1) is 0 Å². The van der Waals surface area contributed by atoms with E-state index in [9.17, 15) is 15.0 Å². The molecule has 29 heavy (non-hydrogen) atoms.